The molecule has 0 aliphatic rings. The van der Waals surface area contributed by atoms with Gasteiger partial charge in [0, 0.05) is 16.1 Å². The largest absolute Gasteiger partial charge is 0.508 e. The molecule has 30 heavy (non-hydrogen) atoms. The van der Waals surface area contributed by atoms with E-state index < -0.39 is 6.04 Å². The molecule has 4 rings (SSSR count). The van der Waals surface area contributed by atoms with Crippen molar-refractivity contribution in [2.75, 3.05) is 7.11 Å². The highest BCUT2D eigenvalue weighted by atomic mass is 35.5. The van der Waals surface area contributed by atoms with E-state index in [1.54, 1.807) is 49.6 Å². The molecule has 0 spiro atoms. The monoisotopic (exact) mass is 417 g/mol. The standard InChI is InChI=1S/C25H20ClNO3/c1-30-20-13-8-18(9-14-20)25(29)27-24(17-6-11-19(26)12-7-17)23-21-5-3-2-4-16(21)10-15-22(23)28/h2-15,24,28H,1H3,(H,27,29)/t24-/m0/s1. The average molecular weight is 418 g/mol. The number of carbonyl (C=O) groups is 1. The molecule has 0 saturated heterocycles. The molecule has 0 aromatic heterocycles. The lowest BCUT2D eigenvalue weighted by molar-refractivity contribution is 0.0943. The molecule has 150 valence electrons. The summed E-state index contributed by atoms with van der Waals surface area (Å²) < 4.78 is 5.17. The molecule has 0 heterocycles. The van der Waals surface area contributed by atoms with Crippen molar-refractivity contribution in [1.29, 1.82) is 0 Å². The van der Waals surface area contributed by atoms with Gasteiger partial charge in [-0.25, -0.2) is 0 Å². The number of carbonyl (C=O) groups excluding carboxylic acids is 1. The summed E-state index contributed by atoms with van der Waals surface area (Å²) in [5.74, 6) is 0.529. The van der Waals surface area contributed by atoms with Crippen molar-refractivity contribution in [1.82, 2.24) is 5.32 Å². The van der Waals surface area contributed by atoms with Crippen molar-refractivity contribution in [3.8, 4) is 11.5 Å². The Hall–Kier alpha value is -3.50. The van der Waals surface area contributed by atoms with E-state index in [9.17, 15) is 9.90 Å². The quantitative estimate of drug-likeness (QED) is 0.436. The Kier molecular flexibility index (Phi) is 5.59. The number of ether oxygens (including phenoxy) is 1. The number of nitrogens with one attached hydrogen (secondary N) is 1. The Bertz CT molecular complexity index is 1190. The second-order valence-corrected chi connectivity index (χ2v) is 7.34. The third-order valence-corrected chi connectivity index (χ3v) is 5.32. The van der Waals surface area contributed by atoms with Gasteiger partial charge in [0.05, 0.1) is 13.2 Å². The minimum absolute atomic E-state index is 0.115. The van der Waals surface area contributed by atoms with Gasteiger partial charge in [-0.15, -0.1) is 0 Å². The van der Waals surface area contributed by atoms with Gasteiger partial charge < -0.3 is 15.2 Å². The van der Waals surface area contributed by atoms with E-state index in [0.717, 1.165) is 16.3 Å². The zero-order chi connectivity index (χ0) is 21.1. The molecule has 0 bridgehead atoms. The summed E-state index contributed by atoms with van der Waals surface area (Å²) in [6.45, 7) is 0. The fraction of sp³-hybridized carbons (Fsp3) is 0.0800. The summed E-state index contributed by atoms with van der Waals surface area (Å²) >= 11 is 6.07. The van der Waals surface area contributed by atoms with E-state index in [4.69, 9.17) is 16.3 Å². The SMILES string of the molecule is COc1ccc(C(=O)N[C@@H](c2ccc(Cl)cc2)c2c(O)ccc3ccccc23)cc1. The molecule has 4 aromatic carbocycles. The number of amides is 1. The molecule has 1 amide bonds. The van der Waals surface area contributed by atoms with Crippen LogP contribution in [0.4, 0.5) is 0 Å². The van der Waals surface area contributed by atoms with Crippen LogP contribution in [0.5, 0.6) is 11.5 Å². The minimum atomic E-state index is -0.567. The lowest BCUT2D eigenvalue weighted by atomic mass is 9.92. The summed E-state index contributed by atoms with van der Waals surface area (Å²) in [6, 6.07) is 24.8. The van der Waals surface area contributed by atoms with E-state index in [2.05, 4.69) is 5.32 Å². The zero-order valence-corrected chi connectivity index (χ0v) is 17.1. The second-order valence-electron chi connectivity index (χ2n) is 6.91. The van der Waals surface area contributed by atoms with Gasteiger partial charge in [-0.1, -0.05) is 54.1 Å². The predicted octanol–water partition coefficient (Wildman–Crippen LogP) is 5.73. The highest BCUT2D eigenvalue weighted by Crippen LogP contribution is 2.36. The number of rotatable bonds is 5. The van der Waals surface area contributed by atoms with Gasteiger partial charge in [0.1, 0.15) is 11.5 Å². The van der Waals surface area contributed by atoms with Crippen molar-refractivity contribution in [2.24, 2.45) is 0 Å². The van der Waals surface area contributed by atoms with Crippen LogP contribution in [0.2, 0.25) is 5.02 Å². The molecule has 0 saturated carbocycles. The van der Waals surface area contributed by atoms with Gasteiger partial charge >= 0.3 is 0 Å². The van der Waals surface area contributed by atoms with Gasteiger partial charge in [-0.2, -0.15) is 0 Å². The first-order valence-corrected chi connectivity index (χ1v) is 9.85. The third-order valence-electron chi connectivity index (χ3n) is 5.07. The van der Waals surface area contributed by atoms with Crippen LogP contribution in [0.15, 0.2) is 84.9 Å². The van der Waals surface area contributed by atoms with Crippen molar-refractivity contribution >= 4 is 28.3 Å². The molecule has 0 unspecified atom stereocenters. The van der Waals surface area contributed by atoms with Crippen LogP contribution < -0.4 is 10.1 Å². The summed E-state index contributed by atoms with van der Waals surface area (Å²) in [5.41, 5.74) is 1.94. The van der Waals surface area contributed by atoms with Crippen molar-refractivity contribution in [3.05, 3.63) is 107 Å². The summed E-state index contributed by atoms with van der Waals surface area (Å²) in [5, 5.41) is 16.3. The number of phenolic OH excluding ortho intramolecular Hbond substituents is 1. The molecule has 4 aromatic rings. The second kappa shape index (κ2) is 8.47. The molecular weight excluding hydrogens is 398 g/mol. The van der Waals surface area contributed by atoms with E-state index >= 15 is 0 Å². The minimum Gasteiger partial charge on any atom is -0.508 e. The molecule has 0 aliphatic heterocycles. The zero-order valence-electron chi connectivity index (χ0n) is 16.3. The smallest absolute Gasteiger partial charge is 0.252 e. The van der Waals surface area contributed by atoms with Crippen LogP contribution >= 0.6 is 11.6 Å². The number of benzene rings is 4. The van der Waals surface area contributed by atoms with Crippen LogP contribution in [-0.4, -0.2) is 18.1 Å². The summed E-state index contributed by atoms with van der Waals surface area (Å²) in [6.07, 6.45) is 0. The molecule has 4 nitrogen and oxygen atoms in total. The fourth-order valence-electron chi connectivity index (χ4n) is 3.52. The Morgan fingerprint density at radius 1 is 0.933 bits per heavy atom. The molecule has 0 fully saturated rings. The molecule has 1 atom stereocenters. The van der Waals surface area contributed by atoms with Crippen molar-refractivity contribution in [3.63, 3.8) is 0 Å². The Labute approximate surface area is 179 Å². The molecule has 2 N–H and O–H groups in total. The number of hydrogen-bond acceptors (Lipinski definition) is 3. The first-order valence-electron chi connectivity index (χ1n) is 9.48. The van der Waals surface area contributed by atoms with Gasteiger partial charge in [-0.3, -0.25) is 4.79 Å². The van der Waals surface area contributed by atoms with Crippen LogP contribution in [0.3, 0.4) is 0 Å². The highest BCUT2D eigenvalue weighted by Gasteiger charge is 2.23. The normalized spacial score (nSPS) is 11.8. The van der Waals surface area contributed by atoms with Gasteiger partial charge in [0.25, 0.3) is 5.91 Å². The fourth-order valence-corrected chi connectivity index (χ4v) is 3.65. The van der Waals surface area contributed by atoms with E-state index in [0.29, 0.717) is 21.9 Å². The van der Waals surface area contributed by atoms with Crippen LogP contribution in [0.25, 0.3) is 10.8 Å². The Balaban J connectivity index is 1.80. The maximum Gasteiger partial charge on any atom is 0.252 e. The Morgan fingerprint density at radius 2 is 1.63 bits per heavy atom. The molecular formula is C25H20ClNO3. The molecule has 5 heteroatoms. The number of hydrogen-bond donors (Lipinski definition) is 2. The number of halogens is 1. The van der Waals surface area contributed by atoms with Crippen LogP contribution in [0.1, 0.15) is 27.5 Å². The van der Waals surface area contributed by atoms with Crippen LogP contribution in [-0.2, 0) is 0 Å². The summed E-state index contributed by atoms with van der Waals surface area (Å²) in [7, 11) is 1.58. The first-order chi connectivity index (χ1) is 14.6. The average Bonchev–Trinajstić information content (AvgIpc) is 2.78. The number of aromatic hydroxyl groups is 1. The van der Waals surface area contributed by atoms with Gasteiger partial charge in [-0.05, 0) is 58.8 Å². The van der Waals surface area contributed by atoms with E-state index in [1.807, 2.05) is 42.5 Å². The number of fused-ring (bicyclic) bond motifs is 1. The topological polar surface area (TPSA) is 58.6 Å². The Morgan fingerprint density at radius 3 is 2.33 bits per heavy atom. The molecule has 0 aliphatic carbocycles. The highest BCUT2D eigenvalue weighted by molar-refractivity contribution is 6.30. The number of methoxy groups -OCH3 is 1. The predicted molar refractivity (Wildman–Crippen MR) is 119 cm³/mol. The lowest BCUT2D eigenvalue weighted by Crippen LogP contribution is -2.29. The maximum atomic E-state index is 13.1. The van der Waals surface area contributed by atoms with Crippen molar-refractivity contribution < 1.29 is 14.6 Å². The summed E-state index contributed by atoms with van der Waals surface area (Å²) in [4.78, 5) is 13.1. The number of phenols is 1. The van der Waals surface area contributed by atoms with Crippen LogP contribution in [0, 0.1) is 0 Å². The van der Waals surface area contributed by atoms with E-state index in [1.165, 1.54) is 0 Å². The maximum absolute atomic E-state index is 13.1. The first kappa shape index (κ1) is 19.8. The van der Waals surface area contributed by atoms with Gasteiger partial charge in [0.15, 0.2) is 0 Å². The third kappa shape index (κ3) is 3.95. The molecule has 0 radical (unpaired) electrons. The van der Waals surface area contributed by atoms with Gasteiger partial charge in [0.2, 0.25) is 0 Å². The lowest BCUT2D eigenvalue weighted by Gasteiger charge is -2.23. The van der Waals surface area contributed by atoms with E-state index in [-0.39, 0.29) is 11.7 Å². The van der Waals surface area contributed by atoms with Crippen molar-refractivity contribution in [2.45, 2.75) is 6.04 Å².